The Kier molecular flexibility index (Phi) is 48.5. The molecule has 0 heterocycles. The highest BCUT2D eigenvalue weighted by atomic mass is 16.6. The molecule has 0 aromatic carbocycles. The molecule has 0 saturated heterocycles. The Morgan fingerprint density at radius 1 is 0.333 bits per heavy atom. The highest BCUT2D eigenvalue weighted by Gasteiger charge is 2.19. The van der Waals surface area contributed by atoms with Crippen molar-refractivity contribution in [2.45, 2.75) is 245 Å². The first kappa shape index (κ1) is 59.6. The van der Waals surface area contributed by atoms with Crippen LogP contribution < -0.4 is 0 Å². The van der Waals surface area contributed by atoms with Crippen molar-refractivity contribution in [2.24, 2.45) is 0 Å². The van der Waals surface area contributed by atoms with E-state index >= 15 is 0 Å². The van der Waals surface area contributed by atoms with Gasteiger partial charge in [0, 0.05) is 19.3 Å². The van der Waals surface area contributed by atoms with Crippen molar-refractivity contribution in [1.82, 2.24) is 0 Å². The van der Waals surface area contributed by atoms with Crippen molar-refractivity contribution in [2.75, 3.05) is 13.2 Å². The summed E-state index contributed by atoms with van der Waals surface area (Å²) in [6.07, 6.45) is 65.8. The van der Waals surface area contributed by atoms with Crippen molar-refractivity contribution in [3.63, 3.8) is 0 Å². The number of rotatable bonds is 46. The number of esters is 3. The summed E-state index contributed by atoms with van der Waals surface area (Å²) in [5.41, 5.74) is 0. The van der Waals surface area contributed by atoms with Gasteiger partial charge in [-0.2, -0.15) is 0 Å². The first-order valence-corrected chi connectivity index (χ1v) is 26.1. The van der Waals surface area contributed by atoms with Gasteiger partial charge in [0.1, 0.15) is 13.2 Å². The van der Waals surface area contributed by atoms with E-state index in [4.69, 9.17) is 14.2 Å². The van der Waals surface area contributed by atoms with Crippen LogP contribution in [-0.4, -0.2) is 37.2 Å². The molecule has 0 aromatic rings. The van der Waals surface area contributed by atoms with Gasteiger partial charge in [-0.3, -0.25) is 14.4 Å². The Morgan fingerprint density at radius 3 is 1.11 bits per heavy atom. The van der Waals surface area contributed by atoms with Gasteiger partial charge in [0.25, 0.3) is 0 Å². The second-order valence-electron chi connectivity index (χ2n) is 17.0. The van der Waals surface area contributed by atoms with Gasteiger partial charge < -0.3 is 14.2 Å². The molecule has 0 fully saturated rings. The van der Waals surface area contributed by atoms with Gasteiger partial charge in [0.2, 0.25) is 0 Å². The molecule has 0 aromatic heterocycles. The third-order valence-corrected chi connectivity index (χ3v) is 10.9. The van der Waals surface area contributed by atoms with Gasteiger partial charge in [0.15, 0.2) is 6.10 Å². The summed E-state index contributed by atoms with van der Waals surface area (Å²) in [4.78, 5) is 37.9. The van der Waals surface area contributed by atoms with E-state index in [2.05, 4.69) is 93.7 Å². The molecular formula is C57H96O6. The Bertz CT molecular complexity index is 1240. The molecule has 0 N–H and O–H groups in total. The molecule has 360 valence electrons. The number of unbranched alkanes of at least 4 members (excludes halogenated alkanes) is 21. The van der Waals surface area contributed by atoms with Crippen LogP contribution in [0.2, 0.25) is 0 Å². The molecular weight excluding hydrogens is 781 g/mol. The van der Waals surface area contributed by atoms with Crippen LogP contribution in [0.3, 0.4) is 0 Å². The lowest BCUT2D eigenvalue weighted by Gasteiger charge is -2.18. The van der Waals surface area contributed by atoms with Crippen LogP contribution in [0.5, 0.6) is 0 Å². The Balaban J connectivity index is 4.48. The van der Waals surface area contributed by atoms with Gasteiger partial charge in [-0.05, 0) is 103 Å². The van der Waals surface area contributed by atoms with E-state index in [0.29, 0.717) is 19.3 Å². The molecule has 0 amide bonds. The van der Waals surface area contributed by atoms with E-state index in [1.807, 2.05) is 12.2 Å². The van der Waals surface area contributed by atoms with Gasteiger partial charge in [-0.1, -0.05) is 202 Å². The van der Waals surface area contributed by atoms with E-state index in [-0.39, 0.29) is 37.5 Å². The summed E-state index contributed by atoms with van der Waals surface area (Å²) >= 11 is 0. The molecule has 0 saturated carbocycles. The minimum Gasteiger partial charge on any atom is -0.462 e. The first-order valence-electron chi connectivity index (χ1n) is 26.1. The van der Waals surface area contributed by atoms with Crippen molar-refractivity contribution < 1.29 is 28.6 Å². The molecule has 0 rings (SSSR count). The topological polar surface area (TPSA) is 78.9 Å². The number of carbonyl (C=O) groups is 3. The maximum absolute atomic E-state index is 12.8. The smallest absolute Gasteiger partial charge is 0.306 e. The number of hydrogen-bond donors (Lipinski definition) is 0. The SMILES string of the molecule is CC/C=C\C/C=C\C/C=C\C/C=C\CCC(=O)OCC(COC(=O)CCCCCCCCC/C=C\C/C=C\CCCCC)OC(=O)CCCCCCC/C=C\CCCCCCCC. The normalized spacial score (nSPS) is 12.7. The summed E-state index contributed by atoms with van der Waals surface area (Å²) in [5.74, 6) is -1.01. The van der Waals surface area contributed by atoms with Crippen molar-refractivity contribution in [1.29, 1.82) is 0 Å². The first-order chi connectivity index (χ1) is 31.0. The maximum atomic E-state index is 12.8. The second-order valence-corrected chi connectivity index (χ2v) is 17.0. The largest absolute Gasteiger partial charge is 0.462 e. The Labute approximate surface area is 388 Å². The average Bonchev–Trinajstić information content (AvgIpc) is 3.28. The number of carbonyl (C=O) groups excluding carboxylic acids is 3. The highest BCUT2D eigenvalue weighted by Crippen LogP contribution is 2.13. The molecule has 6 heteroatoms. The maximum Gasteiger partial charge on any atom is 0.306 e. The lowest BCUT2D eigenvalue weighted by Crippen LogP contribution is -2.30. The van der Waals surface area contributed by atoms with Crippen LogP contribution in [0.25, 0.3) is 0 Å². The third kappa shape index (κ3) is 49.5. The van der Waals surface area contributed by atoms with E-state index < -0.39 is 6.10 Å². The van der Waals surface area contributed by atoms with Gasteiger partial charge >= 0.3 is 17.9 Å². The summed E-state index contributed by atoms with van der Waals surface area (Å²) in [6, 6.07) is 0. The fourth-order valence-electron chi connectivity index (χ4n) is 6.95. The fourth-order valence-corrected chi connectivity index (χ4v) is 6.95. The fraction of sp³-hybridized carbons (Fsp3) is 0.702. The van der Waals surface area contributed by atoms with Crippen molar-refractivity contribution in [3.05, 3.63) is 85.1 Å². The molecule has 6 nitrogen and oxygen atoms in total. The third-order valence-electron chi connectivity index (χ3n) is 10.9. The molecule has 1 unspecified atom stereocenters. The van der Waals surface area contributed by atoms with E-state index in [1.54, 1.807) is 0 Å². The molecule has 0 radical (unpaired) electrons. The Hall–Kier alpha value is -3.41. The summed E-state index contributed by atoms with van der Waals surface area (Å²) in [6.45, 7) is 6.41. The zero-order chi connectivity index (χ0) is 45.8. The van der Waals surface area contributed by atoms with Gasteiger partial charge in [-0.15, -0.1) is 0 Å². The van der Waals surface area contributed by atoms with Crippen LogP contribution >= 0.6 is 0 Å². The zero-order valence-corrected chi connectivity index (χ0v) is 41.1. The number of ether oxygens (including phenoxy) is 3. The van der Waals surface area contributed by atoms with E-state index in [9.17, 15) is 14.4 Å². The summed E-state index contributed by atoms with van der Waals surface area (Å²) in [7, 11) is 0. The molecule has 1 atom stereocenters. The van der Waals surface area contributed by atoms with Crippen LogP contribution in [0, 0.1) is 0 Å². The second kappa shape index (κ2) is 51.2. The quantitative estimate of drug-likeness (QED) is 0.0262. The number of hydrogen-bond acceptors (Lipinski definition) is 6. The van der Waals surface area contributed by atoms with Crippen LogP contribution in [0.4, 0.5) is 0 Å². The Morgan fingerprint density at radius 2 is 0.651 bits per heavy atom. The lowest BCUT2D eigenvalue weighted by molar-refractivity contribution is -0.166. The zero-order valence-electron chi connectivity index (χ0n) is 41.1. The van der Waals surface area contributed by atoms with Crippen LogP contribution in [-0.2, 0) is 28.6 Å². The summed E-state index contributed by atoms with van der Waals surface area (Å²) in [5, 5.41) is 0. The van der Waals surface area contributed by atoms with Gasteiger partial charge in [-0.25, -0.2) is 0 Å². The highest BCUT2D eigenvalue weighted by molar-refractivity contribution is 5.71. The molecule has 0 aliphatic heterocycles. The monoisotopic (exact) mass is 877 g/mol. The van der Waals surface area contributed by atoms with E-state index in [0.717, 1.165) is 89.9 Å². The van der Waals surface area contributed by atoms with Crippen LogP contribution in [0.1, 0.15) is 239 Å². The minimum absolute atomic E-state index is 0.106. The van der Waals surface area contributed by atoms with E-state index in [1.165, 1.54) is 103 Å². The molecule has 63 heavy (non-hydrogen) atoms. The predicted octanol–water partition coefficient (Wildman–Crippen LogP) is 17.2. The van der Waals surface area contributed by atoms with Crippen molar-refractivity contribution in [3.8, 4) is 0 Å². The van der Waals surface area contributed by atoms with Crippen molar-refractivity contribution >= 4 is 17.9 Å². The molecule has 0 bridgehead atoms. The molecule has 0 aliphatic carbocycles. The predicted molar refractivity (Wildman–Crippen MR) is 270 cm³/mol. The van der Waals surface area contributed by atoms with Gasteiger partial charge in [0.05, 0.1) is 0 Å². The van der Waals surface area contributed by atoms with Crippen LogP contribution in [0.15, 0.2) is 85.1 Å². The average molecular weight is 877 g/mol. The minimum atomic E-state index is -0.812. The number of allylic oxidation sites excluding steroid dienone is 14. The summed E-state index contributed by atoms with van der Waals surface area (Å²) < 4.78 is 16.7. The lowest BCUT2D eigenvalue weighted by atomic mass is 10.1. The molecule has 0 aliphatic rings. The molecule has 0 spiro atoms. The standard InChI is InChI=1S/C57H96O6/c1-4-7-10-13-16-19-22-25-27-28-30-32-35-38-41-44-47-50-56(59)62-53-54(52-61-55(58)49-46-43-40-37-34-31-24-21-18-15-12-9-6-3)63-57(60)51-48-45-42-39-36-33-29-26-23-20-17-14-11-8-5-2/h9,12,16,18-19,21,25-27,29,31,34,40,43,54H,4-8,10-11,13-15,17,20,22-24,28,30,32-33,35-39,41-42,44-53H2,1-3H3/b12-9-,19-16-,21-18-,27-25-,29-26-,34-31-,43-40-.